The number of carbonyl (C=O) groups excluding carboxylic acids is 2. The van der Waals surface area contributed by atoms with Crippen LogP contribution in [0.15, 0.2) is 42.5 Å². The molecule has 2 rings (SSSR count). The van der Waals surface area contributed by atoms with E-state index in [1.165, 1.54) is 24.3 Å². The Morgan fingerprint density at radius 3 is 1.52 bits per heavy atom. The van der Waals surface area contributed by atoms with E-state index in [0.29, 0.717) is 17.2 Å². The molecule has 0 aromatic heterocycles. The summed E-state index contributed by atoms with van der Waals surface area (Å²) in [5.74, 6) is -2.74. The minimum atomic E-state index is -5.08. The molecule has 0 spiro atoms. The van der Waals surface area contributed by atoms with Crippen molar-refractivity contribution in [1.29, 1.82) is 0 Å². The molecule has 0 atom stereocenters. The highest BCUT2D eigenvalue weighted by atomic mass is 35.5. The number of benzene rings is 2. The zero-order valence-electron chi connectivity index (χ0n) is 13.0. The Bertz CT molecular complexity index is 830. The van der Waals surface area contributed by atoms with Gasteiger partial charge in [-0.25, -0.2) is 0 Å². The van der Waals surface area contributed by atoms with Crippen LogP contribution in [0.25, 0.3) is 0 Å². The summed E-state index contributed by atoms with van der Waals surface area (Å²) < 4.78 is 76.7. The Morgan fingerprint density at radius 1 is 0.704 bits per heavy atom. The molecule has 0 fully saturated rings. The fourth-order valence-corrected chi connectivity index (χ4v) is 2.06. The second-order valence-corrected chi connectivity index (χ2v) is 5.65. The van der Waals surface area contributed by atoms with Crippen LogP contribution in [-0.2, 0) is 21.9 Å². The number of halogens is 7. The zero-order valence-corrected chi connectivity index (χ0v) is 13.8. The van der Waals surface area contributed by atoms with Gasteiger partial charge in [0.25, 0.3) is 0 Å². The van der Waals surface area contributed by atoms with Crippen LogP contribution in [0.1, 0.15) is 11.1 Å². The van der Waals surface area contributed by atoms with E-state index < -0.39 is 41.0 Å². The number of amides is 2. The number of hydrogen-bond donors (Lipinski definition) is 2. The monoisotopic (exact) mass is 410 g/mol. The van der Waals surface area contributed by atoms with Gasteiger partial charge >= 0.3 is 24.2 Å². The molecule has 2 aromatic carbocycles. The second-order valence-electron chi connectivity index (χ2n) is 5.21. The number of nitrogens with one attached hydrogen (secondary N) is 2. The molecule has 0 heterocycles. The lowest BCUT2D eigenvalue weighted by Crippen LogP contribution is -2.29. The molecule has 0 saturated carbocycles. The molecule has 0 saturated heterocycles. The summed E-state index contributed by atoms with van der Waals surface area (Å²) in [7, 11) is 0. The summed E-state index contributed by atoms with van der Waals surface area (Å²) in [6, 6.07) is 5.99. The van der Waals surface area contributed by atoms with Crippen LogP contribution in [0, 0.1) is 0 Å². The number of anilines is 2. The van der Waals surface area contributed by atoms with Crippen LogP contribution in [0.4, 0.5) is 37.7 Å². The van der Waals surface area contributed by atoms with Gasteiger partial charge in [0.1, 0.15) is 0 Å². The maximum Gasteiger partial charge on any atom is 0.416 e. The van der Waals surface area contributed by atoms with Gasteiger partial charge in [-0.3, -0.25) is 9.59 Å². The molecule has 27 heavy (non-hydrogen) atoms. The highest BCUT2D eigenvalue weighted by Crippen LogP contribution is 2.37. The van der Waals surface area contributed by atoms with E-state index in [2.05, 4.69) is 5.32 Å². The Morgan fingerprint density at radius 2 is 1.11 bits per heavy atom. The standard InChI is InChI=1S/C16H9ClF6N2O2/c17-10-1-3-11(4-2-10)24-13(26)14(27)25-12-6-8(15(18,19)20)5-9(7-12)16(21,22)23/h1-7H,(H,24,26)(H,25,27). The summed E-state index contributed by atoms with van der Waals surface area (Å²) in [6.07, 6.45) is -10.2. The average molecular weight is 411 g/mol. The van der Waals surface area contributed by atoms with Gasteiger partial charge in [0.05, 0.1) is 11.1 Å². The molecule has 0 aliphatic carbocycles. The largest absolute Gasteiger partial charge is 0.416 e. The van der Waals surface area contributed by atoms with Gasteiger partial charge < -0.3 is 10.6 Å². The smallest absolute Gasteiger partial charge is 0.318 e. The minimum absolute atomic E-state index is 0.0938. The lowest BCUT2D eigenvalue weighted by atomic mass is 10.1. The third-order valence-corrected chi connectivity index (χ3v) is 3.41. The Balaban J connectivity index is 2.23. The Labute approximate surface area is 153 Å². The maximum atomic E-state index is 12.8. The van der Waals surface area contributed by atoms with Crippen LogP contribution in [0.2, 0.25) is 5.02 Å². The van der Waals surface area contributed by atoms with E-state index in [4.69, 9.17) is 11.6 Å². The molecule has 0 radical (unpaired) electrons. The molecule has 0 aliphatic heterocycles. The van der Waals surface area contributed by atoms with Gasteiger partial charge in [-0.15, -0.1) is 0 Å². The van der Waals surface area contributed by atoms with Gasteiger partial charge in [-0.05, 0) is 42.5 Å². The third-order valence-electron chi connectivity index (χ3n) is 3.15. The van der Waals surface area contributed by atoms with E-state index in [1.54, 1.807) is 5.32 Å². The van der Waals surface area contributed by atoms with Gasteiger partial charge in [0, 0.05) is 16.4 Å². The van der Waals surface area contributed by atoms with Gasteiger partial charge in [-0.2, -0.15) is 26.3 Å². The molecular formula is C16H9ClF6N2O2. The number of rotatable bonds is 2. The predicted octanol–water partition coefficient (Wildman–Crippen LogP) is 4.95. The van der Waals surface area contributed by atoms with Crippen LogP contribution in [0.5, 0.6) is 0 Å². The molecule has 11 heteroatoms. The van der Waals surface area contributed by atoms with Crippen molar-refractivity contribution in [3.8, 4) is 0 Å². The van der Waals surface area contributed by atoms with Gasteiger partial charge in [0.15, 0.2) is 0 Å². The van der Waals surface area contributed by atoms with Crippen molar-refractivity contribution in [3.05, 3.63) is 58.6 Å². The first-order valence-corrected chi connectivity index (χ1v) is 7.41. The lowest BCUT2D eigenvalue weighted by Gasteiger charge is -2.14. The van der Waals surface area contributed by atoms with Crippen molar-refractivity contribution < 1.29 is 35.9 Å². The minimum Gasteiger partial charge on any atom is -0.318 e. The summed E-state index contributed by atoms with van der Waals surface area (Å²) in [4.78, 5) is 23.6. The van der Waals surface area contributed by atoms with E-state index in [1.807, 2.05) is 0 Å². The maximum absolute atomic E-state index is 12.8. The summed E-state index contributed by atoms with van der Waals surface area (Å²) in [5.41, 5.74) is -3.91. The number of carbonyl (C=O) groups is 2. The van der Waals surface area contributed by atoms with Crippen molar-refractivity contribution >= 4 is 34.8 Å². The van der Waals surface area contributed by atoms with Crippen molar-refractivity contribution in [2.45, 2.75) is 12.4 Å². The molecule has 2 N–H and O–H groups in total. The summed E-state index contributed by atoms with van der Waals surface area (Å²) >= 11 is 5.65. The molecule has 2 amide bonds. The molecule has 0 aliphatic rings. The highest BCUT2D eigenvalue weighted by molar-refractivity contribution is 6.43. The van der Waals surface area contributed by atoms with Crippen molar-refractivity contribution in [2.24, 2.45) is 0 Å². The molecule has 4 nitrogen and oxygen atoms in total. The van der Waals surface area contributed by atoms with E-state index >= 15 is 0 Å². The summed E-state index contributed by atoms with van der Waals surface area (Å²) in [5, 5.41) is 4.19. The fourth-order valence-electron chi connectivity index (χ4n) is 1.94. The Kier molecular flexibility index (Phi) is 5.69. The third kappa shape index (κ3) is 5.61. The second kappa shape index (κ2) is 7.47. The van der Waals surface area contributed by atoms with Gasteiger partial charge in [-0.1, -0.05) is 11.6 Å². The van der Waals surface area contributed by atoms with Crippen LogP contribution >= 0.6 is 11.6 Å². The quantitative estimate of drug-likeness (QED) is 0.543. The van der Waals surface area contributed by atoms with E-state index in [0.717, 1.165) is 0 Å². The van der Waals surface area contributed by atoms with E-state index in [-0.39, 0.29) is 11.8 Å². The van der Waals surface area contributed by atoms with Crippen molar-refractivity contribution in [3.63, 3.8) is 0 Å². The topological polar surface area (TPSA) is 58.2 Å². The number of alkyl halides is 6. The lowest BCUT2D eigenvalue weighted by molar-refractivity contribution is -0.143. The SMILES string of the molecule is O=C(Nc1ccc(Cl)cc1)C(=O)Nc1cc(C(F)(F)F)cc(C(F)(F)F)c1. The van der Waals surface area contributed by atoms with Crippen molar-refractivity contribution in [2.75, 3.05) is 10.6 Å². The zero-order chi connectivity index (χ0) is 20.4. The first-order chi connectivity index (χ1) is 12.4. The van der Waals surface area contributed by atoms with E-state index in [9.17, 15) is 35.9 Å². The van der Waals surface area contributed by atoms with Crippen LogP contribution in [-0.4, -0.2) is 11.8 Å². The summed E-state index contributed by atoms with van der Waals surface area (Å²) in [6.45, 7) is 0. The Hall–Kier alpha value is -2.75. The molecular weight excluding hydrogens is 402 g/mol. The van der Waals surface area contributed by atoms with Gasteiger partial charge in [0.2, 0.25) is 0 Å². The molecule has 0 unspecified atom stereocenters. The molecule has 0 bridgehead atoms. The van der Waals surface area contributed by atoms with Crippen LogP contribution < -0.4 is 10.6 Å². The van der Waals surface area contributed by atoms with Crippen LogP contribution in [0.3, 0.4) is 0 Å². The molecule has 144 valence electrons. The first kappa shape index (κ1) is 20.6. The average Bonchev–Trinajstić information content (AvgIpc) is 2.55. The first-order valence-electron chi connectivity index (χ1n) is 7.03. The fraction of sp³-hybridized carbons (Fsp3) is 0.125. The highest BCUT2D eigenvalue weighted by Gasteiger charge is 2.37. The predicted molar refractivity (Wildman–Crippen MR) is 85.2 cm³/mol. The number of hydrogen-bond acceptors (Lipinski definition) is 2. The molecule has 2 aromatic rings. The van der Waals surface area contributed by atoms with Crippen molar-refractivity contribution in [1.82, 2.24) is 0 Å². The normalized spacial score (nSPS) is 11.8.